The van der Waals surface area contributed by atoms with Crippen molar-refractivity contribution in [2.24, 2.45) is 5.92 Å². The van der Waals surface area contributed by atoms with Crippen molar-refractivity contribution in [3.63, 3.8) is 0 Å². The van der Waals surface area contributed by atoms with Crippen LogP contribution in [0.25, 0.3) is 11.0 Å². The number of nitrogens with zero attached hydrogens (tertiary/aromatic N) is 1. The Hall–Kier alpha value is -3.68. The quantitative estimate of drug-likeness (QED) is 0.321. The van der Waals surface area contributed by atoms with E-state index in [0.29, 0.717) is 34.9 Å². The van der Waals surface area contributed by atoms with Crippen LogP contribution in [-0.2, 0) is 11.2 Å². The molecule has 1 N–H and O–H groups in total. The van der Waals surface area contributed by atoms with Gasteiger partial charge in [0.1, 0.15) is 11.3 Å². The zero-order valence-electron chi connectivity index (χ0n) is 17.6. The van der Waals surface area contributed by atoms with Gasteiger partial charge in [0.05, 0.1) is 4.92 Å². The Morgan fingerprint density at radius 2 is 2.00 bits per heavy atom. The molecule has 1 heterocycles. The van der Waals surface area contributed by atoms with Crippen LogP contribution in [0.2, 0.25) is 0 Å². The molecule has 8 heteroatoms. The highest BCUT2D eigenvalue weighted by Gasteiger charge is 2.13. The second-order valence-electron chi connectivity index (χ2n) is 7.73. The molecule has 0 bridgehead atoms. The summed E-state index contributed by atoms with van der Waals surface area (Å²) >= 11 is 0. The predicted molar refractivity (Wildman–Crippen MR) is 118 cm³/mol. The number of fused-ring (bicyclic) bond motifs is 1. The first-order chi connectivity index (χ1) is 14.7. The highest BCUT2D eigenvalue weighted by atomic mass is 16.6. The average Bonchev–Trinajstić information content (AvgIpc) is 2.71. The summed E-state index contributed by atoms with van der Waals surface area (Å²) in [5.41, 5.74) is 1.80. The van der Waals surface area contributed by atoms with Crippen molar-refractivity contribution in [3.05, 3.63) is 74.1 Å². The number of hydrogen-bond acceptors (Lipinski definition) is 6. The molecular formula is C23H24N2O6. The van der Waals surface area contributed by atoms with Gasteiger partial charge in [0.15, 0.2) is 6.61 Å². The molecule has 0 atom stereocenters. The first-order valence-electron chi connectivity index (χ1n) is 9.98. The van der Waals surface area contributed by atoms with Gasteiger partial charge in [-0.2, -0.15) is 0 Å². The molecule has 1 amide bonds. The summed E-state index contributed by atoms with van der Waals surface area (Å²) in [6, 6.07) is 10.7. The van der Waals surface area contributed by atoms with Crippen LogP contribution < -0.4 is 15.7 Å². The predicted octanol–water partition coefficient (Wildman–Crippen LogP) is 4.62. The second kappa shape index (κ2) is 9.42. The van der Waals surface area contributed by atoms with E-state index >= 15 is 0 Å². The number of anilines is 1. The number of nitro groups is 1. The van der Waals surface area contributed by atoms with Crippen molar-refractivity contribution in [2.45, 2.75) is 33.6 Å². The van der Waals surface area contributed by atoms with E-state index in [9.17, 15) is 19.7 Å². The summed E-state index contributed by atoms with van der Waals surface area (Å²) in [7, 11) is 0. The van der Waals surface area contributed by atoms with Crippen molar-refractivity contribution < 1.29 is 18.9 Å². The lowest BCUT2D eigenvalue weighted by atomic mass is 9.98. The fourth-order valence-electron chi connectivity index (χ4n) is 3.23. The molecule has 1 aromatic heterocycles. The third-order valence-electron chi connectivity index (χ3n) is 4.94. The lowest BCUT2D eigenvalue weighted by Crippen LogP contribution is -2.20. The molecule has 0 aliphatic rings. The fourth-order valence-corrected chi connectivity index (χ4v) is 3.23. The van der Waals surface area contributed by atoms with E-state index < -0.39 is 10.8 Å². The molecule has 8 nitrogen and oxygen atoms in total. The van der Waals surface area contributed by atoms with Crippen LogP contribution in [0.3, 0.4) is 0 Å². The number of carbonyl (C=O) groups is 1. The van der Waals surface area contributed by atoms with Crippen LogP contribution in [0.5, 0.6) is 5.75 Å². The lowest BCUT2D eigenvalue weighted by Gasteiger charge is -2.11. The molecule has 0 aliphatic heterocycles. The number of carbonyl (C=O) groups excluding carboxylic acids is 1. The molecule has 162 valence electrons. The van der Waals surface area contributed by atoms with Crippen molar-refractivity contribution in [2.75, 3.05) is 11.9 Å². The zero-order chi connectivity index (χ0) is 22.5. The van der Waals surface area contributed by atoms with E-state index in [2.05, 4.69) is 19.2 Å². The molecule has 0 saturated heterocycles. The van der Waals surface area contributed by atoms with E-state index in [-0.39, 0.29) is 17.9 Å². The van der Waals surface area contributed by atoms with Gasteiger partial charge >= 0.3 is 5.63 Å². The number of ether oxygens (including phenoxy) is 1. The van der Waals surface area contributed by atoms with Crippen LogP contribution in [0.4, 0.5) is 11.4 Å². The Kier molecular flexibility index (Phi) is 6.69. The Morgan fingerprint density at radius 1 is 1.23 bits per heavy atom. The Labute approximate surface area is 179 Å². The smallest absolute Gasteiger partial charge is 0.339 e. The van der Waals surface area contributed by atoms with Gasteiger partial charge in [0.2, 0.25) is 0 Å². The van der Waals surface area contributed by atoms with Gasteiger partial charge < -0.3 is 14.5 Å². The summed E-state index contributed by atoms with van der Waals surface area (Å²) in [5.74, 6) is 0.389. The number of nitrogens with one attached hydrogen (secondary N) is 1. The molecule has 0 fully saturated rings. The molecular weight excluding hydrogens is 400 g/mol. The van der Waals surface area contributed by atoms with Gasteiger partial charge in [0, 0.05) is 34.8 Å². The number of aryl methyl sites for hydroxylation is 1. The number of nitro benzene ring substituents is 1. The topological polar surface area (TPSA) is 112 Å². The zero-order valence-corrected chi connectivity index (χ0v) is 17.6. The minimum atomic E-state index is -0.536. The van der Waals surface area contributed by atoms with Crippen LogP contribution in [0.1, 0.15) is 31.4 Å². The summed E-state index contributed by atoms with van der Waals surface area (Å²) in [6.07, 6.45) is 1.57. The van der Waals surface area contributed by atoms with Crippen LogP contribution >= 0.6 is 0 Å². The minimum absolute atomic E-state index is 0.119. The third kappa shape index (κ3) is 5.48. The van der Waals surface area contributed by atoms with Gasteiger partial charge in [-0.05, 0) is 49.4 Å². The SMILES string of the molecule is Cc1c(CCC(C)C)c(=O)oc2cc(OCC(=O)Nc3cccc([N+](=O)[O-])c3)ccc12. The standard InChI is InChI=1S/C23H24N2O6/c1-14(2)7-9-20-15(3)19-10-8-18(12-21(19)31-23(20)27)30-13-22(26)24-16-5-4-6-17(11-16)25(28)29/h4-6,8,10-12,14H,7,9,13H2,1-3H3,(H,24,26). The van der Waals surface area contributed by atoms with Gasteiger partial charge in [-0.1, -0.05) is 19.9 Å². The molecule has 0 radical (unpaired) electrons. The first-order valence-corrected chi connectivity index (χ1v) is 9.98. The summed E-state index contributed by atoms with van der Waals surface area (Å²) in [5, 5.41) is 14.2. The number of rotatable bonds is 8. The molecule has 2 aromatic carbocycles. The largest absolute Gasteiger partial charge is 0.484 e. The van der Waals surface area contributed by atoms with E-state index in [1.54, 1.807) is 24.3 Å². The summed E-state index contributed by atoms with van der Waals surface area (Å²) < 4.78 is 11.0. The molecule has 3 aromatic rings. The highest BCUT2D eigenvalue weighted by molar-refractivity contribution is 5.92. The third-order valence-corrected chi connectivity index (χ3v) is 4.94. The van der Waals surface area contributed by atoms with Crippen molar-refractivity contribution in [1.29, 1.82) is 0 Å². The molecule has 0 saturated carbocycles. The van der Waals surface area contributed by atoms with Gasteiger partial charge in [0.25, 0.3) is 11.6 Å². The van der Waals surface area contributed by atoms with Gasteiger partial charge in [-0.3, -0.25) is 14.9 Å². The van der Waals surface area contributed by atoms with Crippen LogP contribution in [-0.4, -0.2) is 17.4 Å². The summed E-state index contributed by atoms with van der Waals surface area (Å²) in [4.78, 5) is 34.8. The summed E-state index contributed by atoms with van der Waals surface area (Å²) in [6.45, 7) is 5.82. The Balaban J connectivity index is 1.70. The van der Waals surface area contributed by atoms with Crippen LogP contribution in [0, 0.1) is 23.0 Å². The maximum absolute atomic E-state index is 12.4. The second-order valence-corrected chi connectivity index (χ2v) is 7.73. The normalized spacial score (nSPS) is 11.0. The van der Waals surface area contributed by atoms with E-state index in [1.807, 2.05) is 6.92 Å². The van der Waals surface area contributed by atoms with E-state index in [0.717, 1.165) is 17.4 Å². The number of non-ortho nitro benzene ring substituents is 1. The van der Waals surface area contributed by atoms with Gasteiger partial charge in [-0.15, -0.1) is 0 Å². The highest BCUT2D eigenvalue weighted by Crippen LogP contribution is 2.25. The average molecular weight is 424 g/mol. The number of hydrogen-bond donors (Lipinski definition) is 1. The fraction of sp³-hybridized carbons (Fsp3) is 0.304. The first kappa shape index (κ1) is 22.0. The molecule has 0 unspecified atom stereocenters. The number of amides is 1. The van der Waals surface area contributed by atoms with Crippen molar-refractivity contribution >= 4 is 28.3 Å². The monoisotopic (exact) mass is 424 g/mol. The molecule has 3 rings (SSSR count). The van der Waals surface area contributed by atoms with Crippen molar-refractivity contribution in [3.8, 4) is 5.75 Å². The van der Waals surface area contributed by atoms with E-state index in [4.69, 9.17) is 9.15 Å². The Morgan fingerprint density at radius 3 is 2.71 bits per heavy atom. The minimum Gasteiger partial charge on any atom is -0.484 e. The maximum atomic E-state index is 12.4. The number of benzene rings is 2. The Bertz CT molecular complexity index is 1180. The van der Waals surface area contributed by atoms with E-state index in [1.165, 1.54) is 18.2 Å². The van der Waals surface area contributed by atoms with Gasteiger partial charge in [-0.25, -0.2) is 4.79 Å². The molecule has 0 spiro atoms. The maximum Gasteiger partial charge on any atom is 0.339 e. The molecule has 31 heavy (non-hydrogen) atoms. The van der Waals surface area contributed by atoms with Crippen LogP contribution in [0.15, 0.2) is 51.7 Å². The molecule has 0 aliphatic carbocycles. The lowest BCUT2D eigenvalue weighted by molar-refractivity contribution is -0.384. The van der Waals surface area contributed by atoms with Crippen molar-refractivity contribution in [1.82, 2.24) is 0 Å².